The lowest BCUT2D eigenvalue weighted by Gasteiger charge is -2.22. The molecule has 0 saturated carbocycles. The van der Waals surface area contributed by atoms with Crippen LogP contribution in [0.2, 0.25) is 0 Å². The molecule has 17 heavy (non-hydrogen) atoms. The van der Waals surface area contributed by atoms with Crippen molar-refractivity contribution in [2.24, 2.45) is 5.92 Å². The van der Waals surface area contributed by atoms with Gasteiger partial charge in [-0.1, -0.05) is 0 Å². The molecule has 0 spiro atoms. The summed E-state index contributed by atoms with van der Waals surface area (Å²) in [7, 11) is 0. The van der Waals surface area contributed by atoms with Gasteiger partial charge in [0.25, 0.3) is 0 Å². The molecule has 0 aromatic heterocycles. The smallest absolute Gasteiger partial charge is 0.128 e. The number of rotatable bonds is 3. The molecule has 3 N–H and O–H groups in total. The van der Waals surface area contributed by atoms with Gasteiger partial charge in [0, 0.05) is 6.54 Å². The van der Waals surface area contributed by atoms with E-state index < -0.39 is 0 Å². The SMILES string of the molecule is Cc1cc(NCC2CCSCC2)c(N)cc1F. The van der Waals surface area contributed by atoms with E-state index in [1.807, 2.05) is 11.8 Å². The van der Waals surface area contributed by atoms with E-state index in [1.165, 1.54) is 30.4 Å². The standard InChI is InChI=1S/C13H19FN2S/c1-9-6-13(12(15)7-11(9)14)16-8-10-2-4-17-5-3-10/h6-7,10,16H,2-5,8,15H2,1H3. The van der Waals surface area contributed by atoms with Crippen molar-refractivity contribution < 1.29 is 4.39 Å². The Kier molecular flexibility index (Phi) is 4.15. The Morgan fingerprint density at radius 3 is 2.82 bits per heavy atom. The Morgan fingerprint density at radius 2 is 2.12 bits per heavy atom. The second kappa shape index (κ2) is 5.63. The van der Waals surface area contributed by atoms with E-state index in [1.54, 1.807) is 13.0 Å². The molecule has 1 aromatic rings. The molecule has 1 aromatic carbocycles. The highest BCUT2D eigenvalue weighted by Gasteiger charge is 2.14. The quantitative estimate of drug-likeness (QED) is 0.813. The highest BCUT2D eigenvalue weighted by Crippen LogP contribution is 2.26. The molecule has 4 heteroatoms. The van der Waals surface area contributed by atoms with Gasteiger partial charge in [-0.3, -0.25) is 0 Å². The molecule has 0 bridgehead atoms. The molecule has 2 rings (SSSR count). The average Bonchev–Trinajstić information content (AvgIpc) is 2.33. The highest BCUT2D eigenvalue weighted by molar-refractivity contribution is 7.99. The Bertz CT molecular complexity index is 389. The minimum absolute atomic E-state index is 0.234. The van der Waals surface area contributed by atoms with Crippen LogP contribution in [0.1, 0.15) is 18.4 Å². The van der Waals surface area contributed by atoms with Gasteiger partial charge in [-0.15, -0.1) is 0 Å². The lowest BCUT2D eigenvalue weighted by molar-refractivity contribution is 0.516. The second-order valence-corrected chi connectivity index (χ2v) is 5.85. The molecule has 2 nitrogen and oxygen atoms in total. The number of nitrogens with two attached hydrogens (primary N) is 1. The number of hydrogen-bond donors (Lipinski definition) is 2. The number of nitrogen functional groups attached to an aromatic ring is 1. The van der Waals surface area contributed by atoms with Crippen LogP contribution in [-0.2, 0) is 0 Å². The maximum atomic E-state index is 13.2. The Labute approximate surface area is 106 Å². The van der Waals surface area contributed by atoms with Crippen molar-refractivity contribution in [3.8, 4) is 0 Å². The predicted octanol–water partition coefficient (Wildman–Crippen LogP) is 3.27. The van der Waals surface area contributed by atoms with Crippen LogP contribution in [0, 0.1) is 18.7 Å². The fourth-order valence-electron chi connectivity index (χ4n) is 2.05. The summed E-state index contributed by atoms with van der Waals surface area (Å²) >= 11 is 2.03. The van der Waals surface area contributed by atoms with Gasteiger partial charge in [-0.05, 0) is 54.9 Å². The van der Waals surface area contributed by atoms with E-state index in [9.17, 15) is 4.39 Å². The summed E-state index contributed by atoms with van der Waals surface area (Å²) in [6.45, 7) is 2.70. The summed E-state index contributed by atoms with van der Waals surface area (Å²) in [5.74, 6) is 3.00. The number of hydrogen-bond acceptors (Lipinski definition) is 3. The first-order valence-electron chi connectivity index (χ1n) is 6.04. The molecule has 0 radical (unpaired) electrons. The molecule has 1 saturated heterocycles. The van der Waals surface area contributed by atoms with Gasteiger partial charge in [0.2, 0.25) is 0 Å². The highest BCUT2D eigenvalue weighted by atomic mass is 32.2. The largest absolute Gasteiger partial charge is 0.397 e. The van der Waals surface area contributed by atoms with Crippen LogP contribution in [0.4, 0.5) is 15.8 Å². The van der Waals surface area contributed by atoms with Gasteiger partial charge < -0.3 is 11.1 Å². The maximum absolute atomic E-state index is 13.2. The molecule has 94 valence electrons. The molecule has 1 aliphatic heterocycles. The number of halogens is 1. The zero-order valence-electron chi connectivity index (χ0n) is 10.1. The zero-order valence-corrected chi connectivity index (χ0v) is 10.9. The molecule has 0 amide bonds. The predicted molar refractivity (Wildman–Crippen MR) is 74.1 cm³/mol. The van der Waals surface area contributed by atoms with Crippen LogP contribution >= 0.6 is 11.8 Å². The normalized spacial score (nSPS) is 17.1. The van der Waals surface area contributed by atoms with Crippen molar-refractivity contribution in [2.75, 3.05) is 29.1 Å². The van der Waals surface area contributed by atoms with Crippen molar-refractivity contribution in [1.82, 2.24) is 0 Å². The number of benzene rings is 1. The first kappa shape index (κ1) is 12.6. The maximum Gasteiger partial charge on any atom is 0.128 e. The number of nitrogens with one attached hydrogen (secondary N) is 1. The zero-order chi connectivity index (χ0) is 12.3. The third kappa shape index (κ3) is 3.28. The van der Waals surface area contributed by atoms with Crippen molar-refractivity contribution in [2.45, 2.75) is 19.8 Å². The van der Waals surface area contributed by atoms with Crippen LogP contribution in [0.25, 0.3) is 0 Å². The number of anilines is 2. The van der Waals surface area contributed by atoms with Crippen LogP contribution in [0.15, 0.2) is 12.1 Å². The molecular formula is C13H19FN2S. The first-order chi connectivity index (χ1) is 8.16. The number of aryl methyl sites for hydroxylation is 1. The van der Waals surface area contributed by atoms with Gasteiger partial charge in [0.05, 0.1) is 11.4 Å². The molecule has 0 aliphatic carbocycles. The van der Waals surface area contributed by atoms with Crippen molar-refractivity contribution in [3.05, 3.63) is 23.5 Å². The summed E-state index contributed by atoms with van der Waals surface area (Å²) in [5, 5.41) is 3.35. The third-order valence-corrected chi connectivity index (χ3v) is 4.30. The number of thioether (sulfide) groups is 1. The van der Waals surface area contributed by atoms with Crippen LogP contribution in [0.3, 0.4) is 0 Å². The van der Waals surface area contributed by atoms with E-state index in [2.05, 4.69) is 5.32 Å². The van der Waals surface area contributed by atoms with Crippen molar-refractivity contribution >= 4 is 23.1 Å². The summed E-state index contributed by atoms with van der Waals surface area (Å²) in [4.78, 5) is 0. The molecule has 0 unspecified atom stereocenters. The minimum atomic E-state index is -0.234. The molecule has 1 aliphatic rings. The summed E-state index contributed by atoms with van der Waals surface area (Å²) in [6, 6.07) is 3.19. The van der Waals surface area contributed by atoms with E-state index in [-0.39, 0.29) is 5.82 Å². The van der Waals surface area contributed by atoms with Crippen LogP contribution in [0.5, 0.6) is 0 Å². The van der Waals surface area contributed by atoms with Crippen molar-refractivity contribution in [3.63, 3.8) is 0 Å². The Balaban J connectivity index is 1.96. The van der Waals surface area contributed by atoms with Gasteiger partial charge in [0.15, 0.2) is 0 Å². The van der Waals surface area contributed by atoms with Crippen molar-refractivity contribution in [1.29, 1.82) is 0 Å². The van der Waals surface area contributed by atoms with E-state index >= 15 is 0 Å². The van der Waals surface area contributed by atoms with Gasteiger partial charge in [-0.25, -0.2) is 4.39 Å². The van der Waals surface area contributed by atoms with Crippen LogP contribution < -0.4 is 11.1 Å². The monoisotopic (exact) mass is 254 g/mol. The topological polar surface area (TPSA) is 38.0 Å². The lowest BCUT2D eigenvalue weighted by Crippen LogP contribution is -2.19. The van der Waals surface area contributed by atoms with E-state index in [4.69, 9.17) is 5.73 Å². The lowest BCUT2D eigenvalue weighted by atomic mass is 10.0. The van der Waals surface area contributed by atoms with E-state index in [0.29, 0.717) is 11.3 Å². The minimum Gasteiger partial charge on any atom is -0.397 e. The Hall–Kier alpha value is -0.900. The second-order valence-electron chi connectivity index (χ2n) is 4.63. The third-order valence-electron chi connectivity index (χ3n) is 3.25. The summed E-state index contributed by atoms with van der Waals surface area (Å²) < 4.78 is 13.2. The van der Waals surface area contributed by atoms with Crippen LogP contribution in [-0.4, -0.2) is 18.1 Å². The molecular weight excluding hydrogens is 235 g/mol. The van der Waals surface area contributed by atoms with Gasteiger partial charge in [0.1, 0.15) is 5.82 Å². The van der Waals surface area contributed by atoms with Gasteiger partial charge >= 0.3 is 0 Å². The first-order valence-corrected chi connectivity index (χ1v) is 7.19. The van der Waals surface area contributed by atoms with Gasteiger partial charge in [-0.2, -0.15) is 11.8 Å². The molecule has 0 atom stereocenters. The summed E-state index contributed by atoms with van der Waals surface area (Å²) in [5.41, 5.74) is 7.80. The fraction of sp³-hybridized carbons (Fsp3) is 0.538. The molecule has 1 heterocycles. The molecule has 1 fully saturated rings. The van der Waals surface area contributed by atoms with E-state index in [0.717, 1.165) is 18.2 Å². The fourth-order valence-corrected chi connectivity index (χ4v) is 3.26. The Morgan fingerprint density at radius 1 is 1.41 bits per heavy atom. The average molecular weight is 254 g/mol. The summed E-state index contributed by atoms with van der Waals surface area (Å²) in [6.07, 6.45) is 2.52.